The fourth-order valence-corrected chi connectivity index (χ4v) is 3.71. The fourth-order valence-electron chi connectivity index (χ4n) is 3.30. The van der Waals surface area contributed by atoms with E-state index < -0.39 is 17.6 Å². The molecule has 3 unspecified atom stereocenters. The van der Waals surface area contributed by atoms with Crippen LogP contribution in [0, 0.1) is 0 Å². The van der Waals surface area contributed by atoms with Gasteiger partial charge >= 0.3 is 0 Å². The number of halogens is 1. The molecule has 3 rings (SSSR count). The maximum atomic E-state index is 12.7. The predicted octanol–water partition coefficient (Wildman–Crippen LogP) is 3.18. The van der Waals surface area contributed by atoms with Gasteiger partial charge in [-0.05, 0) is 49.4 Å². The molecule has 3 nitrogen and oxygen atoms in total. The molecule has 4 heteroatoms. The molecule has 2 bridgehead atoms. The Kier molecular flexibility index (Phi) is 3.33. The topological polar surface area (TPSA) is 43.4 Å². The largest absolute Gasteiger partial charge is 0.356 e. The van der Waals surface area contributed by atoms with E-state index in [1.165, 1.54) is 0 Å². The van der Waals surface area contributed by atoms with E-state index >= 15 is 0 Å². The molecule has 0 spiro atoms. The van der Waals surface area contributed by atoms with Gasteiger partial charge in [0.25, 0.3) is 0 Å². The summed E-state index contributed by atoms with van der Waals surface area (Å²) < 4.78 is 6.62. The Morgan fingerprint density at radius 3 is 2.85 bits per heavy atom. The second-order valence-corrected chi connectivity index (χ2v) is 6.69. The quantitative estimate of drug-likeness (QED) is 0.779. The average molecular weight is 337 g/mol. The van der Waals surface area contributed by atoms with Crippen LogP contribution in [0.25, 0.3) is 0 Å². The van der Waals surface area contributed by atoms with E-state index in [1.807, 2.05) is 32.0 Å². The number of benzene rings is 1. The van der Waals surface area contributed by atoms with Crippen molar-refractivity contribution in [2.75, 3.05) is 0 Å². The van der Waals surface area contributed by atoms with Gasteiger partial charge in [0.05, 0.1) is 0 Å². The van der Waals surface area contributed by atoms with Crippen LogP contribution in [-0.2, 0) is 20.7 Å². The van der Waals surface area contributed by atoms with E-state index in [0.29, 0.717) is 12.8 Å². The molecule has 1 aromatic rings. The molecule has 0 N–H and O–H groups in total. The van der Waals surface area contributed by atoms with E-state index in [0.717, 1.165) is 22.0 Å². The summed E-state index contributed by atoms with van der Waals surface area (Å²) in [4.78, 5) is 25.2. The minimum Gasteiger partial charge on any atom is -0.356 e. The zero-order valence-electron chi connectivity index (χ0n) is 11.6. The standard InChI is InChI=1S/C16H17BrO3/c1-3-9-8-10(17)4-5-11(9)13-14(18)12-6-7-16(2,20-12)15(13)19/h4-5,8,12-13H,3,6-7H2,1-2H3. The summed E-state index contributed by atoms with van der Waals surface area (Å²) in [6, 6.07) is 5.79. The van der Waals surface area contributed by atoms with E-state index in [2.05, 4.69) is 15.9 Å². The highest BCUT2D eigenvalue weighted by atomic mass is 79.9. The molecule has 2 aliphatic heterocycles. The molecule has 2 aliphatic rings. The summed E-state index contributed by atoms with van der Waals surface area (Å²) in [6.07, 6.45) is 1.71. The summed E-state index contributed by atoms with van der Waals surface area (Å²) in [6.45, 7) is 3.86. The van der Waals surface area contributed by atoms with Gasteiger partial charge in [-0.3, -0.25) is 9.59 Å². The summed E-state index contributed by atoms with van der Waals surface area (Å²) in [5, 5.41) is 0. The van der Waals surface area contributed by atoms with Crippen molar-refractivity contribution >= 4 is 27.5 Å². The Hall–Kier alpha value is -1.00. The number of aryl methyl sites for hydroxylation is 1. The smallest absolute Gasteiger partial charge is 0.179 e. The molecule has 0 aromatic heterocycles. The third kappa shape index (κ3) is 1.97. The number of rotatable bonds is 2. The highest BCUT2D eigenvalue weighted by Crippen LogP contribution is 2.43. The first kappa shape index (κ1) is 14.0. The van der Waals surface area contributed by atoms with Crippen molar-refractivity contribution in [3.05, 3.63) is 33.8 Å². The lowest BCUT2D eigenvalue weighted by molar-refractivity contribution is -0.160. The average Bonchev–Trinajstić information content (AvgIpc) is 2.80. The van der Waals surface area contributed by atoms with Gasteiger partial charge in [0.1, 0.15) is 17.6 Å². The number of carbonyl (C=O) groups excluding carboxylic acids is 2. The van der Waals surface area contributed by atoms with Crippen LogP contribution >= 0.6 is 15.9 Å². The van der Waals surface area contributed by atoms with Crippen molar-refractivity contribution in [1.29, 1.82) is 0 Å². The van der Waals surface area contributed by atoms with Crippen LogP contribution in [0.1, 0.15) is 43.7 Å². The number of carbonyl (C=O) groups is 2. The Morgan fingerprint density at radius 2 is 2.15 bits per heavy atom. The zero-order valence-corrected chi connectivity index (χ0v) is 13.2. The molecule has 2 fully saturated rings. The highest BCUT2D eigenvalue weighted by Gasteiger charge is 2.55. The number of ether oxygens (including phenoxy) is 1. The molecular formula is C16H17BrO3. The van der Waals surface area contributed by atoms with Crippen LogP contribution in [0.3, 0.4) is 0 Å². The van der Waals surface area contributed by atoms with Crippen molar-refractivity contribution in [1.82, 2.24) is 0 Å². The highest BCUT2D eigenvalue weighted by molar-refractivity contribution is 9.10. The van der Waals surface area contributed by atoms with Gasteiger partial charge in [-0.2, -0.15) is 0 Å². The normalized spacial score (nSPS) is 32.8. The van der Waals surface area contributed by atoms with Crippen LogP contribution < -0.4 is 0 Å². The molecule has 0 aliphatic carbocycles. The molecular weight excluding hydrogens is 320 g/mol. The number of ketones is 2. The number of hydrogen-bond donors (Lipinski definition) is 0. The Bertz CT molecular complexity index is 595. The summed E-state index contributed by atoms with van der Waals surface area (Å²) in [7, 11) is 0. The Morgan fingerprint density at radius 1 is 1.40 bits per heavy atom. The van der Waals surface area contributed by atoms with Crippen LogP contribution in [-0.4, -0.2) is 23.3 Å². The maximum absolute atomic E-state index is 12.7. The molecule has 0 radical (unpaired) electrons. The first-order valence-corrected chi connectivity index (χ1v) is 7.80. The molecule has 0 saturated carbocycles. The molecule has 0 amide bonds. The van der Waals surface area contributed by atoms with Crippen molar-refractivity contribution in [2.45, 2.75) is 50.7 Å². The second kappa shape index (κ2) is 4.78. The molecule has 3 atom stereocenters. The van der Waals surface area contributed by atoms with Crippen molar-refractivity contribution in [2.24, 2.45) is 0 Å². The lowest BCUT2D eigenvalue weighted by Crippen LogP contribution is -2.49. The minimum absolute atomic E-state index is 0.0676. The van der Waals surface area contributed by atoms with Crippen LogP contribution in [0.2, 0.25) is 0 Å². The second-order valence-electron chi connectivity index (χ2n) is 5.77. The monoisotopic (exact) mass is 336 g/mol. The van der Waals surface area contributed by atoms with Gasteiger partial charge in [-0.1, -0.05) is 28.9 Å². The van der Waals surface area contributed by atoms with E-state index in [-0.39, 0.29) is 11.6 Å². The summed E-state index contributed by atoms with van der Waals surface area (Å²) >= 11 is 3.44. The van der Waals surface area contributed by atoms with E-state index in [4.69, 9.17) is 4.74 Å². The Balaban J connectivity index is 2.09. The first-order chi connectivity index (χ1) is 9.46. The SMILES string of the molecule is CCc1cc(Br)ccc1C1C(=O)C2CCC(C)(O2)C1=O. The van der Waals surface area contributed by atoms with Crippen molar-refractivity contribution in [3.63, 3.8) is 0 Å². The van der Waals surface area contributed by atoms with E-state index in [1.54, 1.807) is 0 Å². The van der Waals surface area contributed by atoms with Gasteiger partial charge in [0.2, 0.25) is 0 Å². The number of fused-ring (bicyclic) bond motifs is 2. The zero-order chi connectivity index (χ0) is 14.5. The molecule has 1 aromatic carbocycles. The van der Waals surface area contributed by atoms with E-state index in [9.17, 15) is 9.59 Å². The minimum atomic E-state index is -0.776. The molecule has 20 heavy (non-hydrogen) atoms. The predicted molar refractivity (Wildman–Crippen MR) is 78.8 cm³/mol. The van der Waals surface area contributed by atoms with Gasteiger partial charge in [0, 0.05) is 4.47 Å². The van der Waals surface area contributed by atoms with Crippen molar-refractivity contribution < 1.29 is 14.3 Å². The fraction of sp³-hybridized carbons (Fsp3) is 0.500. The molecule has 2 heterocycles. The number of Topliss-reactive ketones (excluding diaryl/α,β-unsaturated/α-hetero) is 2. The van der Waals surface area contributed by atoms with Crippen LogP contribution in [0.5, 0.6) is 0 Å². The lowest BCUT2D eigenvalue weighted by atomic mass is 9.79. The summed E-state index contributed by atoms with van der Waals surface area (Å²) in [5.74, 6) is -0.792. The van der Waals surface area contributed by atoms with Crippen molar-refractivity contribution in [3.8, 4) is 0 Å². The van der Waals surface area contributed by atoms with Crippen LogP contribution in [0.4, 0.5) is 0 Å². The molecule has 106 valence electrons. The van der Waals surface area contributed by atoms with Gasteiger partial charge in [-0.25, -0.2) is 0 Å². The maximum Gasteiger partial charge on any atom is 0.179 e. The third-order valence-electron chi connectivity index (χ3n) is 4.47. The van der Waals surface area contributed by atoms with Gasteiger partial charge in [-0.15, -0.1) is 0 Å². The first-order valence-electron chi connectivity index (χ1n) is 7.00. The van der Waals surface area contributed by atoms with Gasteiger partial charge < -0.3 is 4.74 Å². The van der Waals surface area contributed by atoms with Gasteiger partial charge in [0.15, 0.2) is 11.6 Å². The number of hydrogen-bond acceptors (Lipinski definition) is 3. The Labute approximate surface area is 126 Å². The third-order valence-corrected chi connectivity index (χ3v) is 4.96. The lowest BCUT2D eigenvalue weighted by Gasteiger charge is -2.33. The summed E-state index contributed by atoms with van der Waals surface area (Å²) in [5.41, 5.74) is 1.13. The molecule has 2 saturated heterocycles. The van der Waals surface area contributed by atoms with Crippen LogP contribution in [0.15, 0.2) is 22.7 Å².